The number of amides is 2. The fraction of sp³-hybridized carbons (Fsp3) is 0.176. The van der Waals surface area contributed by atoms with Gasteiger partial charge in [-0.25, -0.2) is 0 Å². The molecule has 24 heavy (non-hydrogen) atoms. The molecule has 2 amide bonds. The van der Waals surface area contributed by atoms with Crippen molar-refractivity contribution in [2.75, 3.05) is 11.4 Å². The first-order valence-electron chi connectivity index (χ1n) is 7.29. The Balaban J connectivity index is 1.98. The molecule has 0 fully saturated rings. The SMILES string of the molecule is NC(=O)CN1C(=O)C(O)(CC(=O)c2ccncc2)c2ccccc21. The number of Topliss-reactive ketones (excluding diaryl/α,β-unsaturated/α-hetero) is 1. The summed E-state index contributed by atoms with van der Waals surface area (Å²) < 4.78 is 0. The van der Waals surface area contributed by atoms with Crippen LogP contribution in [-0.2, 0) is 15.2 Å². The number of pyridine rings is 1. The lowest BCUT2D eigenvalue weighted by molar-refractivity contribution is -0.136. The van der Waals surface area contributed by atoms with Crippen LogP contribution in [0.15, 0.2) is 48.8 Å². The van der Waals surface area contributed by atoms with Crippen molar-refractivity contribution in [1.29, 1.82) is 0 Å². The van der Waals surface area contributed by atoms with Crippen LogP contribution in [0.3, 0.4) is 0 Å². The number of nitrogens with two attached hydrogens (primary N) is 1. The maximum absolute atomic E-state index is 12.7. The zero-order chi connectivity index (χ0) is 17.3. The fourth-order valence-corrected chi connectivity index (χ4v) is 2.86. The molecule has 7 nitrogen and oxygen atoms in total. The largest absolute Gasteiger partial charge is 0.375 e. The van der Waals surface area contributed by atoms with Crippen LogP contribution in [0.5, 0.6) is 0 Å². The van der Waals surface area contributed by atoms with Crippen LogP contribution in [0.4, 0.5) is 5.69 Å². The van der Waals surface area contributed by atoms with E-state index in [2.05, 4.69) is 4.98 Å². The molecule has 7 heteroatoms. The summed E-state index contributed by atoms with van der Waals surface area (Å²) in [4.78, 5) is 41.3. The van der Waals surface area contributed by atoms with Gasteiger partial charge >= 0.3 is 0 Å². The number of rotatable bonds is 5. The van der Waals surface area contributed by atoms with Crippen molar-refractivity contribution in [3.63, 3.8) is 0 Å². The van der Waals surface area contributed by atoms with Crippen LogP contribution < -0.4 is 10.6 Å². The van der Waals surface area contributed by atoms with Crippen molar-refractivity contribution in [2.45, 2.75) is 12.0 Å². The maximum atomic E-state index is 12.7. The molecule has 0 saturated heterocycles. The third kappa shape index (κ3) is 2.55. The lowest BCUT2D eigenvalue weighted by Crippen LogP contribution is -2.44. The number of ketones is 1. The summed E-state index contributed by atoms with van der Waals surface area (Å²) in [5.41, 5.74) is 4.18. The molecule has 3 N–H and O–H groups in total. The second-order valence-corrected chi connectivity index (χ2v) is 5.57. The van der Waals surface area contributed by atoms with Crippen molar-refractivity contribution < 1.29 is 19.5 Å². The first-order valence-corrected chi connectivity index (χ1v) is 7.29. The number of aromatic nitrogens is 1. The highest BCUT2D eigenvalue weighted by molar-refractivity contribution is 6.12. The number of hydrogen-bond acceptors (Lipinski definition) is 5. The summed E-state index contributed by atoms with van der Waals surface area (Å²) in [6, 6.07) is 9.52. The Morgan fingerprint density at radius 3 is 2.50 bits per heavy atom. The van der Waals surface area contributed by atoms with E-state index in [4.69, 9.17) is 5.73 Å². The third-order valence-corrected chi connectivity index (χ3v) is 3.97. The first kappa shape index (κ1) is 15.8. The molecule has 3 rings (SSSR count). The van der Waals surface area contributed by atoms with Gasteiger partial charge in [0.1, 0.15) is 6.54 Å². The van der Waals surface area contributed by atoms with Crippen molar-refractivity contribution >= 4 is 23.3 Å². The lowest BCUT2D eigenvalue weighted by Gasteiger charge is -2.22. The number of hydrogen-bond donors (Lipinski definition) is 2. The van der Waals surface area contributed by atoms with Gasteiger partial charge in [0.25, 0.3) is 5.91 Å². The Labute approximate surface area is 137 Å². The van der Waals surface area contributed by atoms with Gasteiger partial charge in [-0.15, -0.1) is 0 Å². The van der Waals surface area contributed by atoms with E-state index in [0.29, 0.717) is 16.8 Å². The van der Waals surface area contributed by atoms with E-state index in [1.807, 2.05) is 0 Å². The van der Waals surface area contributed by atoms with Crippen molar-refractivity contribution in [1.82, 2.24) is 4.98 Å². The molecular weight excluding hydrogens is 310 g/mol. The number of anilines is 1. The molecular formula is C17H15N3O4. The minimum atomic E-state index is -2.02. The van der Waals surface area contributed by atoms with Crippen LogP contribution in [0.25, 0.3) is 0 Å². The Kier molecular flexibility index (Phi) is 3.86. The highest BCUT2D eigenvalue weighted by Crippen LogP contribution is 2.42. The van der Waals surface area contributed by atoms with Gasteiger partial charge in [-0.1, -0.05) is 18.2 Å². The van der Waals surface area contributed by atoms with Gasteiger partial charge in [0, 0.05) is 23.5 Å². The molecule has 1 aliphatic heterocycles. The van der Waals surface area contributed by atoms with E-state index in [1.54, 1.807) is 24.3 Å². The van der Waals surface area contributed by atoms with E-state index in [9.17, 15) is 19.5 Å². The van der Waals surface area contributed by atoms with E-state index < -0.39 is 29.6 Å². The maximum Gasteiger partial charge on any atom is 0.264 e. The average molecular weight is 325 g/mol. The van der Waals surface area contributed by atoms with Crippen molar-refractivity contribution in [3.05, 3.63) is 59.9 Å². The van der Waals surface area contributed by atoms with E-state index in [0.717, 1.165) is 4.90 Å². The number of para-hydroxylation sites is 1. The predicted octanol–water partition coefficient (Wildman–Crippen LogP) is 0.374. The van der Waals surface area contributed by atoms with E-state index >= 15 is 0 Å². The second-order valence-electron chi connectivity index (χ2n) is 5.57. The summed E-state index contributed by atoms with van der Waals surface area (Å²) in [5, 5.41) is 10.9. The normalized spacial score (nSPS) is 19.2. The molecule has 0 bridgehead atoms. The fourth-order valence-electron chi connectivity index (χ4n) is 2.86. The summed E-state index contributed by atoms with van der Waals surface area (Å²) in [5.74, 6) is -1.84. The standard InChI is InChI=1S/C17H15N3O4/c18-15(22)10-20-13-4-2-1-3-12(13)17(24,16(20)23)9-14(21)11-5-7-19-8-6-11/h1-8,24H,9-10H2,(H2,18,22). The van der Waals surface area contributed by atoms with Crippen LogP contribution in [-0.4, -0.2) is 34.2 Å². The number of benzene rings is 1. The Morgan fingerprint density at radius 1 is 1.17 bits per heavy atom. The number of carbonyl (C=O) groups excluding carboxylic acids is 3. The van der Waals surface area contributed by atoms with Crippen LogP contribution in [0.1, 0.15) is 22.3 Å². The lowest BCUT2D eigenvalue weighted by atomic mass is 9.88. The van der Waals surface area contributed by atoms with E-state index in [1.165, 1.54) is 24.5 Å². The van der Waals surface area contributed by atoms with Crippen molar-refractivity contribution in [3.8, 4) is 0 Å². The zero-order valence-corrected chi connectivity index (χ0v) is 12.7. The van der Waals surface area contributed by atoms with Crippen molar-refractivity contribution in [2.24, 2.45) is 5.73 Å². The van der Waals surface area contributed by atoms with Crippen LogP contribution in [0.2, 0.25) is 0 Å². The van der Waals surface area contributed by atoms with Gasteiger partial charge in [0.15, 0.2) is 11.4 Å². The van der Waals surface area contributed by atoms with Gasteiger partial charge in [-0.3, -0.25) is 24.3 Å². The monoisotopic (exact) mass is 325 g/mol. The number of carbonyl (C=O) groups is 3. The molecule has 0 spiro atoms. The number of primary amides is 1. The molecule has 1 aromatic carbocycles. The van der Waals surface area contributed by atoms with Gasteiger partial charge in [-0.05, 0) is 18.2 Å². The van der Waals surface area contributed by atoms with E-state index in [-0.39, 0.29) is 6.54 Å². The number of fused-ring (bicyclic) bond motifs is 1. The number of nitrogens with zero attached hydrogens (tertiary/aromatic N) is 2. The molecule has 0 radical (unpaired) electrons. The Bertz CT molecular complexity index is 822. The summed E-state index contributed by atoms with van der Waals surface area (Å²) in [6.07, 6.45) is 2.49. The zero-order valence-electron chi connectivity index (χ0n) is 12.7. The smallest absolute Gasteiger partial charge is 0.264 e. The molecule has 0 saturated carbocycles. The highest BCUT2D eigenvalue weighted by atomic mass is 16.3. The van der Waals surface area contributed by atoms with Gasteiger partial charge in [0.2, 0.25) is 5.91 Å². The van der Waals surface area contributed by atoms with Crippen LogP contribution >= 0.6 is 0 Å². The second kappa shape index (κ2) is 5.86. The third-order valence-electron chi connectivity index (χ3n) is 3.97. The van der Waals surface area contributed by atoms with Gasteiger partial charge in [0.05, 0.1) is 12.1 Å². The van der Waals surface area contributed by atoms with Gasteiger partial charge < -0.3 is 10.8 Å². The molecule has 1 atom stereocenters. The Hall–Kier alpha value is -3.06. The molecule has 1 aromatic heterocycles. The molecule has 1 aliphatic rings. The minimum Gasteiger partial charge on any atom is -0.375 e. The summed E-state index contributed by atoms with van der Waals surface area (Å²) >= 11 is 0. The molecule has 0 aliphatic carbocycles. The number of aliphatic hydroxyl groups is 1. The first-order chi connectivity index (χ1) is 11.4. The average Bonchev–Trinajstić information content (AvgIpc) is 2.78. The predicted molar refractivity (Wildman–Crippen MR) is 85.1 cm³/mol. The summed E-state index contributed by atoms with van der Waals surface area (Å²) in [7, 11) is 0. The molecule has 1 unspecified atom stereocenters. The quantitative estimate of drug-likeness (QED) is 0.771. The molecule has 122 valence electrons. The molecule has 2 aromatic rings. The van der Waals surface area contributed by atoms with Gasteiger partial charge in [-0.2, -0.15) is 0 Å². The molecule has 2 heterocycles. The summed E-state index contributed by atoms with van der Waals surface area (Å²) in [6.45, 7) is -0.360. The Morgan fingerprint density at radius 2 is 1.83 bits per heavy atom. The minimum absolute atomic E-state index is 0.290. The van der Waals surface area contributed by atoms with Crippen LogP contribution in [0, 0.1) is 0 Å². The highest BCUT2D eigenvalue weighted by Gasteiger charge is 2.51. The topological polar surface area (TPSA) is 114 Å².